The highest BCUT2D eigenvalue weighted by atomic mass is 16.7. The number of nitrogens with one attached hydrogen (secondary N) is 1. The third-order valence-electron chi connectivity index (χ3n) is 8.92. The van der Waals surface area contributed by atoms with E-state index in [0.717, 1.165) is 13.8 Å². The SMILES string of the molecule is COc1ccc(NC(=O)c2ccc3c(c2)C(=O)OC32c3ccc(OC(C)=O)cc3Oc3cc(OC(C)=O)ccc32)cc1N(CC(=O)OCOC(C)=O)CC(=O)OCOC(C)=O. The number of hydrogen-bond acceptors (Lipinski definition) is 18. The zero-order chi connectivity index (χ0) is 44.0. The van der Waals surface area contributed by atoms with Crippen molar-refractivity contribution in [1.82, 2.24) is 0 Å². The van der Waals surface area contributed by atoms with Gasteiger partial charge in [0.2, 0.25) is 13.6 Å². The molecule has 6 rings (SSSR count). The molecule has 0 bridgehead atoms. The summed E-state index contributed by atoms with van der Waals surface area (Å²) >= 11 is 0. The van der Waals surface area contributed by atoms with E-state index in [0.29, 0.717) is 16.7 Å². The summed E-state index contributed by atoms with van der Waals surface area (Å²) < 4.78 is 47.6. The molecule has 61 heavy (non-hydrogen) atoms. The van der Waals surface area contributed by atoms with E-state index >= 15 is 0 Å². The van der Waals surface area contributed by atoms with Crippen molar-refractivity contribution < 1.29 is 81.0 Å². The predicted octanol–water partition coefficient (Wildman–Crippen LogP) is 4.30. The van der Waals surface area contributed by atoms with Crippen molar-refractivity contribution in [3.05, 3.63) is 101 Å². The number of rotatable bonds is 14. The van der Waals surface area contributed by atoms with Gasteiger partial charge in [-0.3, -0.25) is 33.6 Å². The second-order valence-electron chi connectivity index (χ2n) is 13.2. The van der Waals surface area contributed by atoms with Gasteiger partial charge in [-0.05, 0) is 54.6 Å². The molecule has 0 radical (unpaired) electrons. The van der Waals surface area contributed by atoms with E-state index < -0.39 is 80.0 Å². The number of amides is 1. The molecule has 1 N–H and O–H groups in total. The molecule has 0 saturated heterocycles. The first-order valence-corrected chi connectivity index (χ1v) is 18.1. The third-order valence-corrected chi connectivity index (χ3v) is 8.92. The number of carbonyl (C=O) groups excluding carboxylic acids is 8. The first kappa shape index (κ1) is 42.6. The van der Waals surface area contributed by atoms with Crippen molar-refractivity contribution in [2.75, 3.05) is 44.0 Å². The standard InChI is InChI=1S/C42H36N2O17/c1-22(45)54-20-56-38(49)18-44(19-39(50)57-21-55-23(2)46)34-15-27(7-13-35(34)53-5)43-40(51)26-6-10-31-30(14-26)41(52)61-42(31)32-11-8-28(58-24(3)47)16-36(32)60-37-17-29(59-25(4)48)9-12-33(37)42/h6-17H,18-21H2,1-5H3,(H,43,51). The van der Waals surface area contributed by atoms with Gasteiger partial charge in [-0.2, -0.15) is 0 Å². The van der Waals surface area contributed by atoms with Crippen LogP contribution in [0.3, 0.4) is 0 Å². The Labute approximate surface area is 346 Å². The van der Waals surface area contributed by atoms with Crippen molar-refractivity contribution in [1.29, 1.82) is 0 Å². The Morgan fingerprint density at radius 3 is 1.69 bits per heavy atom. The second kappa shape index (κ2) is 17.9. The molecule has 0 fully saturated rings. The van der Waals surface area contributed by atoms with E-state index in [1.54, 1.807) is 18.2 Å². The van der Waals surface area contributed by atoms with Crippen molar-refractivity contribution in [3.63, 3.8) is 0 Å². The van der Waals surface area contributed by atoms with Crippen LogP contribution in [-0.4, -0.2) is 81.5 Å². The van der Waals surface area contributed by atoms with Crippen LogP contribution in [0.1, 0.15) is 65.1 Å². The van der Waals surface area contributed by atoms with Crippen LogP contribution in [0.25, 0.3) is 0 Å². The number of methoxy groups -OCH3 is 1. The molecule has 19 nitrogen and oxygen atoms in total. The van der Waals surface area contributed by atoms with Crippen LogP contribution in [0.4, 0.5) is 11.4 Å². The van der Waals surface area contributed by atoms with Crippen molar-refractivity contribution in [2.24, 2.45) is 0 Å². The first-order chi connectivity index (χ1) is 29.1. The summed E-state index contributed by atoms with van der Waals surface area (Å²) in [5, 5.41) is 2.73. The molecule has 4 aromatic carbocycles. The van der Waals surface area contributed by atoms with Gasteiger partial charge in [0.05, 0.1) is 18.4 Å². The molecular formula is C42H36N2O17. The highest BCUT2D eigenvalue weighted by Crippen LogP contribution is 2.57. The Hall–Kier alpha value is -7.96. The van der Waals surface area contributed by atoms with Gasteiger partial charge in [0.1, 0.15) is 41.8 Å². The van der Waals surface area contributed by atoms with Crippen LogP contribution in [0, 0.1) is 0 Å². The molecule has 0 saturated carbocycles. The number of hydrogen-bond donors (Lipinski definition) is 1. The highest BCUT2D eigenvalue weighted by molar-refractivity contribution is 6.07. The van der Waals surface area contributed by atoms with E-state index in [4.69, 9.17) is 33.2 Å². The molecule has 0 unspecified atom stereocenters. The van der Waals surface area contributed by atoms with Gasteiger partial charge >= 0.3 is 41.8 Å². The quantitative estimate of drug-likeness (QED) is 0.0806. The van der Waals surface area contributed by atoms with E-state index in [1.165, 1.54) is 80.5 Å². The van der Waals surface area contributed by atoms with Crippen molar-refractivity contribution in [3.8, 4) is 28.7 Å². The summed E-state index contributed by atoms with van der Waals surface area (Å²) in [5.41, 5.74) is -0.161. The van der Waals surface area contributed by atoms with Gasteiger partial charge in [0.15, 0.2) is 5.60 Å². The maximum Gasteiger partial charge on any atom is 0.340 e. The van der Waals surface area contributed by atoms with Crippen molar-refractivity contribution in [2.45, 2.75) is 33.3 Å². The molecule has 2 aliphatic rings. The van der Waals surface area contributed by atoms with E-state index in [2.05, 4.69) is 14.8 Å². The maximum absolute atomic E-state index is 13.8. The van der Waals surface area contributed by atoms with Crippen molar-refractivity contribution >= 4 is 59.1 Å². The summed E-state index contributed by atoms with van der Waals surface area (Å²) in [6, 6.07) is 17.8. The van der Waals surface area contributed by atoms with Gasteiger partial charge < -0.3 is 52.8 Å². The lowest BCUT2D eigenvalue weighted by Gasteiger charge is -2.36. The Morgan fingerprint density at radius 2 is 1.18 bits per heavy atom. The molecular weight excluding hydrogens is 804 g/mol. The topological polar surface area (TPSA) is 235 Å². The number of benzene rings is 4. The van der Waals surface area contributed by atoms with E-state index in [1.807, 2.05) is 0 Å². The highest BCUT2D eigenvalue weighted by Gasteiger charge is 2.54. The zero-order valence-electron chi connectivity index (χ0n) is 33.1. The Morgan fingerprint density at radius 1 is 0.639 bits per heavy atom. The third kappa shape index (κ3) is 9.51. The lowest BCUT2D eigenvalue weighted by molar-refractivity contribution is -0.165. The molecule has 2 aliphatic heterocycles. The van der Waals surface area contributed by atoms with Gasteiger partial charge in [-0.15, -0.1) is 0 Å². The largest absolute Gasteiger partial charge is 0.495 e. The number of ether oxygens (including phenoxy) is 9. The van der Waals surface area contributed by atoms with Crippen LogP contribution in [0.15, 0.2) is 72.8 Å². The summed E-state index contributed by atoms with van der Waals surface area (Å²) in [7, 11) is 1.33. The van der Waals surface area contributed by atoms with Crippen LogP contribution < -0.4 is 29.2 Å². The summed E-state index contributed by atoms with van der Waals surface area (Å²) in [6.07, 6.45) is 0. The normalized spacial score (nSPS) is 12.5. The van der Waals surface area contributed by atoms with E-state index in [-0.39, 0.29) is 51.2 Å². The molecule has 0 atom stereocenters. The fourth-order valence-corrected chi connectivity index (χ4v) is 6.49. The lowest BCUT2D eigenvalue weighted by atomic mass is 9.77. The van der Waals surface area contributed by atoms with Crippen LogP contribution in [-0.2, 0) is 58.1 Å². The molecule has 0 aromatic heterocycles. The molecule has 2 heterocycles. The summed E-state index contributed by atoms with van der Waals surface area (Å²) in [4.78, 5) is 100. The number of esters is 7. The van der Waals surface area contributed by atoms with Gasteiger partial charge in [0, 0.05) is 67.8 Å². The maximum atomic E-state index is 13.8. The fourth-order valence-electron chi connectivity index (χ4n) is 6.49. The molecule has 0 aliphatic carbocycles. The van der Waals surface area contributed by atoms with Gasteiger partial charge in [0.25, 0.3) is 5.91 Å². The van der Waals surface area contributed by atoms with Crippen LogP contribution in [0.2, 0.25) is 0 Å². The minimum absolute atomic E-state index is 0.0352. The average molecular weight is 841 g/mol. The Bertz CT molecular complexity index is 2380. The Balaban J connectivity index is 1.32. The minimum atomic E-state index is -1.61. The number of fused-ring (bicyclic) bond motifs is 6. The second-order valence-corrected chi connectivity index (χ2v) is 13.2. The number of anilines is 2. The van der Waals surface area contributed by atoms with Crippen LogP contribution >= 0.6 is 0 Å². The van der Waals surface area contributed by atoms with Gasteiger partial charge in [-0.25, -0.2) is 4.79 Å². The minimum Gasteiger partial charge on any atom is -0.495 e. The molecule has 1 spiro atoms. The molecule has 1 amide bonds. The first-order valence-electron chi connectivity index (χ1n) is 18.1. The molecule has 19 heteroatoms. The average Bonchev–Trinajstić information content (AvgIpc) is 3.47. The summed E-state index contributed by atoms with van der Waals surface area (Å²) in [6.45, 7) is 2.13. The Kier molecular flexibility index (Phi) is 12.5. The lowest BCUT2D eigenvalue weighted by Crippen LogP contribution is -2.37. The smallest absolute Gasteiger partial charge is 0.340 e. The van der Waals surface area contributed by atoms with Gasteiger partial charge in [-0.1, -0.05) is 6.07 Å². The molecule has 4 aromatic rings. The zero-order valence-corrected chi connectivity index (χ0v) is 33.1. The summed E-state index contributed by atoms with van der Waals surface area (Å²) in [5.74, 6) is -5.04. The van der Waals surface area contributed by atoms with Crippen LogP contribution in [0.5, 0.6) is 28.7 Å². The fraction of sp³-hybridized carbons (Fsp3) is 0.238. The predicted molar refractivity (Wildman–Crippen MR) is 206 cm³/mol. The monoisotopic (exact) mass is 840 g/mol. The number of carbonyl (C=O) groups is 8. The van der Waals surface area contributed by atoms with E-state index in [9.17, 15) is 38.4 Å². The number of nitrogens with zero attached hydrogens (tertiary/aromatic N) is 1. The molecule has 316 valence electrons.